The van der Waals surface area contributed by atoms with Gasteiger partial charge in [0.05, 0.1) is 5.92 Å². The van der Waals surface area contributed by atoms with Crippen molar-refractivity contribution in [3.63, 3.8) is 0 Å². The summed E-state index contributed by atoms with van der Waals surface area (Å²) >= 11 is 0. The van der Waals surface area contributed by atoms with Crippen LogP contribution in [0, 0.1) is 5.92 Å². The summed E-state index contributed by atoms with van der Waals surface area (Å²) in [7, 11) is 0. The van der Waals surface area contributed by atoms with E-state index in [1.165, 1.54) is 0 Å². The molecular weight excluding hydrogens is 278 g/mol. The molecule has 2 amide bonds. The van der Waals surface area contributed by atoms with Gasteiger partial charge in [0, 0.05) is 31.1 Å². The molecule has 1 aliphatic heterocycles. The molecule has 1 saturated heterocycles. The summed E-state index contributed by atoms with van der Waals surface area (Å²) in [5.41, 5.74) is 5.41. The molecule has 1 aliphatic rings. The van der Waals surface area contributed by atoms with Gasteiger partial charge in [-0.2, -0.15) is 0 Å². The Morgan fingerprint density at radius 3 is 2.45 bits per heavy atom. The predicted octanol–water partition coefficient (Wildman–Crippen LogP) is 1.30. The number of rotatable bonds is 6. The van der Waals surface area contributed by atoms with Gasteiger partial charge in [0.2, 0.25) is 11.8 Å². The van der Waals surface area contributed by atoms with E-state index in [0.29, 0.717) is 19.5 Å². The number of carbonyl (C=O) groups excluding carboxylic acids is 2. The first-order chi connectivity index (χ1) is 8.78. The second-order valence-corrected chi connectivity index (χ2v) is 6.12. The van der Waals surface area contributed by atoms with E-state index in [-0.39, 0.29) is 36.2 Å². The standard InChI is InChI=1S/C14H27N3O2.ClH/c1-5-11(6-2)17-8-10(7-12(17)18)13(19)16-9-14(3,4)15;/h10-11H,5-9,15H2,1-4H3,(H,16,19);1H. The third kappa shape index (κ3) is 5.29. The number of nitrogens with zero attached hydrogens (tertiary/aromatic N) is 1. The molecular formula is C14H28ClN3O2. The lowest BCUT2D eigenvalue weighted by atomic mass is 10.1. The minimum atomic E-state index is -0.423. The molecule has 1 unspecified atom stereocenters. The number of nitrogens with one attached hydrogen (secondary N) is 1. The van der Waals surface area contributed by atoms with E-state index in [1.54, 1.807) is 0 Å². The highest BCUT2D eigenvalue weighted by Gasteiger charge is 2.36. The van der Waals surface area contributed by atoms with Crippen molar-refractivity contribution in [3.8, 4) is 0 Å². The lowest BCUT2D eigenvalue weighted by Gasteiger charge is -2.26. The summed E-state index contributed by atoms with van der Waals surface area (Å²) in [5, 5.41) is 2.84. The zero-order valence-corrected chi connectivity index (χ0v) is 13.8. The summed E-state index contributed by atoms with van der Waals surface area (Å²) in [6.45, 7) is 8.86. The van der Waals surface area contributed by atoms with Crippen LogP contribution in [-0.2, 0) is 9.59 Å². The summed E-state index contributed by atoms with van der Waals surface area (Å²) < 4.78 is 0. The molecule has 0 spiro atoms. The number of hydrogen-bond acceptors (Lipinski definition) is 3. The van der Waals surface area contributed by atoms with E-state index in [4.69, 9.17) is 5.73 Å². The Balaban J connectivity index is 0.00000361. The van der Waals surface area contributed by atoms with Crippen molar-refractivity contribution < 1.29 is 9.59 Å². The zero-order valence-electron chi connectivity index (χ0n) is 12.9. The minimum absolute atomic E-state index is 0. The van der Waals surface area contributed by atoms with Gasteiger partial charge in [0.1, 0.15) is 0 Å². The Hall–Kier alpha value is -0.810. The number of carbonyl (C=O) groups is 2. The molecule has 1 fully saturated rings. The van der Waals surface area contributed by atoms with E-state index in [2.05, 4.69) is 19.2 Å². The zero-order chi connectivity index (χ0) is 14.6. The maximum atomic E-state index is 12.0. The van der Waals surface area contributed by atoms with Crippen LogP contribution in [0.5, 0.6) is 0 Å². The molecule has 0 bridgehead atoms. The van der Waals surface area contributed by atoms with Crippen LogP contribution in [0.3, 0.4) is 0 Å². The van der Waals surface area contributed by atoms with Crippen molar-refractivity contribution in [3.05, 3.63) is 0 Å². The number of hydrogen-bond donors (Lipinski definition) is 2. The highest BCUT2D eigenvalue weighted by molar-refractivity contribution is 5.89. The largest absolute Gasteiger partial charge is 0.354 e. The third-order valence-corrected chi connectivity index (χ3v) is 3.63. The first kappa shape index (κ1) is 19.2. The molecule has 0 radical (unpaired) electrons. The van der Waals surface area contributed by atoms with Crippen molar-refractivity contribution in [1.29, 1.82) is 0 Å². The fourth-order valence-electron chi connectivity index (χ4n) is 2.45. The van der Waals surface area contributed by atoms with Crippen molar-refractivity contribution in [2.45, 2.75) is 58.5 Å². The quantitative estimate of drug-likeness (QED) is 0.776. The number of likely N-dealkylation sites (tertiary alicyclic amines) is 1. The first-order valence-corrected chi connectivity index (χ1v) is 7.14. The van der Waals surface area contributed by atoms with Crippen LogP contribution >= 0.6 is 12.4 Å². The van der Waals surface area contributed by atoms with Gasteiger partial charge in [0.25, 0.3) is 0 Å². The van der Waals surface area contributed by atoms with Gasteiger partial charge in [-0.3, -0.25) is 9.59 Å². The predicted molar refractivity (Wildman–Crippen MR) is 82.7 cm³/mol. The van der Waals surface area contributed by atoms with Crippen molar-refractivity contribution in [1.82, 2.24) is 10.2 Å². The van der Waals surface area contributed by atoms with Crippen molar-refractivity contribution in [2.24, 2.45) is 11.7 Å². The Morgan fingerprint density at radius 2 is 2.00 bits per heavy atom. The Bertz CT molecular complexity index is 338. The smallest absolute Gasteiger partial charge is 0.225 e. The average molecular weight is 306 g/mol. The minimum Gasteiger partial charge on any atom is -0.354 e. The Kier molecular flexibility index (Phi) is 7.52. The molecule has 1 atom stereocenters. The average Bonchev–Trinajstić information content (AvgIpc) is 2.70. The van der Waals surface area contributed by atoms with Crippen molar-refractivity contribution in [2.75, 3.05) is 13.1 Å². The van der Waals surface area contributed by atoms with E-state index in [9.17, 15) is 9.59 Å². The molecule has 0 aromatic rings. The molecule has 118 valence electrons. The molecule has 0 aromatic carbocycles. The van der Waals surface area contributed by atoms with Crippen LogP contribution in [0.15, 0.2) is 0 Å². The number of amides is 2. The van der Waals surface area contributed by atoms with Gasteiger partial charge < -0.3 is 16.0 Å². The molecule has 0 aromatic heterocycles. The van der Waals surface area contributed by atoms with Crippen LogP contribution in [-0.4, -0.2) is 41.4 Å². The lowest BCUT2D eigenvalue weighted by Crippen LogP contribution is -2.47. The second kappa shape index (κ2) is 7.84. The van der Waals surface area contributed by atoms with Gasteiger partial charge in [-0.25, -0.2) is 0 Å². The fraction of sp³-hybridized carbons (Fsp3) is 0.857. The molecule has 0 saturated carbocycles. The van der Waals surface area contributed by atoms with E-state index < -0.39 is 5.54 Å². The molecule has 1 rings (SSSR count). The normalized spacial score (nSPS) is 19.2. The molecule has 20 heavy (non-hydrogen) atoms. The molecule has 5 nitrogen and oxygen atoms in total. The maximum Gasteiger partial charge on any atom is 0.225 e. The van der Waals surface area contributed by atoms with Crippen LogP contribution in [0.4, 0.5) is 0 Å². The van der Waals surface area contributed by atoms with Gasteiger partial charge >= 0.3 is 0 Å². The van der Waals surface area contributed by atoms with Gasteiger partial charge in [-0.1, -0.05) is 13.8 Å². The highest BCUT2D eigenvalue weighted by atomic mass is 35.5. The topological polar surface area (TPSA) is 75.4 Å². The van der Waals surface area contributed by atoms with E-state index in [0.717, 1.165) is 12.8 Å². The van der Waals surface area contributed by atoms with Crippen LogP contribution in [0.25, 0.3) is 0 Å². The molecule has 0 aliphatic carbocycles. The summed E-state index contributed by atoms with van der Waals surface area (Å²) in [6.07, 6.45) is 2.20. The molecule has 3 N–H and O–H groups in total. The van der Waals surface area contributed by atoms with Gasteiger partial charge in [-0.15, -0.1) is 12.4 Å². The number of halogens is 1. The first-order valence-electron chi connectivity index (χ1n) is 7.14. The van der Waals surface area contributed by atoms with Gasteiger partial charge in [0.15, 0.2) is 0 Å². The van der Waals surface area contributed by atoms with Crippen molar-refractivity contribution >= 4 is 24.2 Å². The molecule has 1 heterocycles. The number of nitrogens with two attached hydrogens (primary N) is 1. The van der Waals surface area contributed by atoms with Crippen LogP contribution < -0.4 is 11.1 Å². The highest BCUT2D eigenvalue weighted by Crippen LogP contribution is 2.23. The van der Waals surface area contributed by atoms with Crippen LogP contribution in [0.2, 0.25) is 0 Å². The molecule has 6 heteroatoms. The Labute approximate surface area is 128 Å². The second-order valence-electron chi connectivity index (χ2n) is 6.12. The summed E-state index contributed by atoms with van der Waals surface area (Å²) in [6, 6.07) is 0.260. The van der Waals surface area contributed by atoms with Gasteiger partial charge in [-0.05, 0) is 26.7 Å². The van der Waals surface area contributed by atoms with Crippen LogP contribution in [0.1, 0.15) is 47.0 Å². The third-order valence-electron chi connectivity index (χ3n) is 3.63. The fourth-order valence-corrected chi connectivity index (χ4v) is 2.45. The Morgan fingerprint density at radius 1 is 1.45 bits per heavy atom. The lowest BCUT2D eigenvalue weighted by molar-refractivity contribution is -0.130. The van der Waals surface area contributed by atoms with E-state index in [1.807, 2.05) is 18.7 Å². The summed E-state index contributed by atoms with van der Waals surface area (Å²) in [4.78, 5) is 25.9. The van der Waals surface area contributed by atoms with E-state index >= 15 is 0 Å². The monoisotopic (exact) mass is 305 g/mol. The maximum absolute atomic E-state index is 12.0. The summed E-state index contributed by atoms with van der Waals surface area (Å²) in [5.74, 6) is -0.184. The SMILES string of the molecule is CCC(CC)N1CC(C(=O)NCC(C)(C)N)CC1=O.Cl.